The zero-order valence-corrected chi connectivity index (χ0v) is 11.8. The Labute approximate surface area is 128 Å². The van der Waals surface area contributed by atoms with Crippen molar-refractivity contribution in [3.63, 3.8) is 0 Å². The molecule has 3 rings (SSSR count). The molecule has 1 N–H and O–H groups in total. The number of carbonyl (C=O) groups excluding carboxylic acids is 1. The number of carbonyl (C=O) groups is 1. The molecule has 0 atom stereocenters. The van der Waals surface area contributed by atoms with Crippen LogP contribution in [0.5, 0.6) is 0 Å². The molecule has 0 saturated heterocycles. The van der Waals surface area contributed by atoms with Gasteiger partial charge in [0.1, 0.15) is 5.82 Å². The maximum atomic E-state index is 14.0. The van der Waals surface area contributed by atoms with Gasteiger partial charge in [-0.05, 0) is 35.4 Å². The summed E-state index contributed by atoms with van der Waals surface area (Å²) < 4.78 is 14.0. The third kappa shape index (κ3) is 3.04. The molecular weight excluding hydrogens is 277 g/mol. The van der Waals surface area contributed by atoms with Crippen LogP contribution in [0.2, 0.25) is 0 Å². The van der Waals surface area contributed by atoms with Gasteiger partial charge in [0.05, 0.1) is 5.56 Å². The number of hydrogen-bond donors (Lipinski definition) is 1. The minimum Gasteiger partial charge on any atom is -0.322 e. The second-order valence-corrected chi connectivity index (χ2v) is 4.88. The van der Waals surface area contributed by atoms with Crippen LogP contribution in [-0.4, -0.2) is 5.91 Å². The van der Waals surface area contributed by atoms with Crippen molar-refractivity contribution in [3.8, 4) is 11.1 Å². The van der Waals surface area contributed by atoms with Gasteiger partial charge in [0.25, 0.3) is 5.91 Å². The zero-order chi connectivity index (χ0) is 15.4. The van der Waals surface area contributed by atoms with Crippen LogP contribution in [0.4, 0.5) is 10.1 Å². The van der Waals surface area contributed by atoms with Gasteiger partial charge < -0.3 is 5.32 Å². The highest BCUT2D eigenvalue weighted by molar-refractivity contribution is 6.05. The van der Waals surface area contributed by atoms with E-state index in [4.69, 9.17) is 0 Å². The predicted octanol–water partition coefficient (Wildman–Crippen LogP) is 4.75. The number of anilines is 1. The number of rotatable bonds is 3. The van der Waals surface area contributed by atoms with Gasteiger partial charge in [0.15, 0.2) is 0 Å². The molecule has 108 valence electrons. The molecule has 0 bridgehead atoms. The molecule has 0 unspecified atom stereocenters. The van der Waals surface area contributed by atoms with Gasteiger partial charge in [0.2, 0.25) is 0 Å². The topological polar surface area (TPSA) is 29.1 Å². The molecule has 0 aliphatic heterocycles. The lowest BCUT2D eigenvalue weighted by atomic mass is 10.0. The van der Waals surface area contributed by atoms with Crippen molar-refractivity contribution in [1.29, 1.82) is 0 Å². The summed E-state index contributed by atoms with van der Waals surface area (Å²) in [5.41, 5.74) is 2.42. The standard InChI is InChI=1S/C19H14FNO/c20-18-12-11-15(14-7-3-1-4-8-14)13-17(18)19(22)21-16-9-5-2-6-10-16/h1-13H,(H,21,22). The van der Waals surface area contributed by atoms with Gasteiger partial charge in [-0.2, -0.15) is 0 Å². The zero-order valence-electron chi connectivity index (χ0n) is 11.8. The fourth-order valence-corrected chi connectivity index (χ4v) is 2.23. The van der Waals surface area contributed by atoms with Crippen molar-refractivity contribution in [1.82, 2.24) is 0 Å². The van der Waals surface area contributed by atoms with Gasteiger partial charge in [-0.15, -0.1) is 0 Å². The molecule has 22 heavy (non-hydrogen) atoms. The van der Waals surface area contributed by atoms with E-state index in [1.807, 2.05) is 48.5 Å². The van der Waals surface area contributed by atoms with Crippen molar-refractivity contribution in [2.45, 2.75) is 0 Å². The molecule has 3 aromatic carbocycles. The molecule has 2 nitrogen and oxygen atoms in total. The molecule has 1 amide bonds. The predicted molar refractivity (Wildman–Crippen MR) is 86.2 cm³/mol. The summed E-state index contributed by atoms with van der Waals surface area (Å²) in [7, 11) is 0. The molecule has 0 aromatic heterocycles. The Bertz CT molecular complexity index is 785. The molecule has 3 heteroatoms. The number of para-hydroxylation sites is 1. The quantitative estimate of drug-likeness (QED) is 0.741. The Morgan fingerprint density at radius 1 is 0.773 bits per heavy atom. The first-order valence-electron chi connectivity index (χ1n) is 6.95. The van der Waals surface area contributed by atoms with Gasteiger partial charge in [-0.1, -0.05) is 54.6 Å². The minimum absolute atomic E-state index is 0.0326. The Balaban J connectivity index is 1.91. The molecular formula is C19H14FNO. The summed E-state index contributed by atoms with van der Waals surface area (Å²) in [6.07, 6.45) is 0. The lowest BCUT2D eigenvalue weighted by Crippen LogP contribution is -2.13. The molecule has 0 radical (unpaired) electrons. The average Bonchev–Trinajstić information content (AvgIpc) is 2.57. The second kappa shape index (κ2) is 6.22. The molecule has 0 saturated carbocycles. The van der Waals surface area contributed by atoms with Crippen LogP contribution in [0.25, 0.3) is 11.1 Å². The molecule has 0 heterocycles. The van der Waals surface area contributed by atoms with Crippen molar-refractivity contribution in [3.05, 3.63) is 90.2 Å². The number of nitrogens with one attached hydrogen (secondary N) is 1. The van der Waals surface area contributed by atoms with Crippen molar-refractivity contribution >= 4 is 11.6 Å². The van der Waals surface area contributed by atoms with Gasteiger partial charge >= 0.3 is 0 Å². The molecule has 0 aliphatic rings. The smallest absolute Gasteiger partial charge is 0.258 e. The van der Waals surface area contributed by atoms with Crippen molar-refractivity contribution < 1.29 is 9.18 Å². The third-order valence-corrected chi connectivity index (χ3v) is 3.35. The van der Waals surface area contributed by atoms with Crippen molar-refractivity contribution in [2.24, 2.45) is 0 Å². The SMILES string of the molecule is O=C(Nc1ccccc1)c1cc(-c2ccccc2)ccc1F. The maximum Gasteiger partial charge on any atom is 0.258 e. The van der Waals surface area contributed by atoms with Crippen LogP contribution in [0.3, 0.4) is 0 Å². The lowest BCUT2D eigenvalue weighted by molar-refractivity contribution is 0.102. The van der Waals surface area contributed by atoms with E-state index in [2.05, 4.69) is 5.32 Å². The van der Waals surface area contributed by atoms with Crippen LogP contribution >= 0.6 is 0 Å². The van der Waals surface area contributed by atoms with E-state index in [0.717, 1.165) is 11.1 Å². The van der Waals surface area contributed by atoms with Gasteiger partial charge in [0, 0.05) is 5.69 Å². The minimum atomic E-state index is -0.534. The first-order valence-corrected chi connectivity index (χ1v) is 6.95. The first-order chi connectivity index (χ1) is 10.7. The summed E-state index contributed by atoms with van der Waals surface area (Å²) in [4.78, 5) is 12.3. The van der Waals surface area contributed by atoms with E-state index < -0.39 is 11.7 Å². The van der Waals surface area contributed by atoms with Gasteiger partial charge in [-0.3, -0.25) is 4.79 Å². The highest BCUT2D eigenvalue weighted by Crippen LogP contribution is 2.22. The van der Waals surface area contributed by atoms with Crippen molar-refractivity contribution in [2.75, 3.05) is 5.32 Å². The molecule has 0 spiro atoms. The number of hydrogen-bond acceptors (Lipinski definition) is 1. The largest absolute Gasteiger partial charge is 0.322 e. The van der Waals surface area contributed by atoms with Gasteiger partial charge in [-0.25, -0.2) is 4.39 Å². The Kier molecular flexibility index (Phi) is 3.97. The van der Waals surface area contributed by atoms with E-state index in [9.17, 15) is 9.18 Å². The molecule has 0 aliphatic carbocycles. The van der Waals surface area contributed by atoms with E-state index in [-0.39, 0.29) is 5.56 Å². The second-order valence-electron chi connectivity index (χ2n) is 4.88. The highest BCUT2D eigenvalue weighted by Gasteiger charge is 2.13. The number of amides is 1. The Morgan fingerprint density at radius 2 is 1.41 bits per heavy atom. The molecule has 3 aromatic rings. The van der Waals surface area contributed by atoms with Crippen LogP contribution in [-0.2, 0) is 0 Å². The van der Waals surface area contributed by atoms with E-state index in [1.165, 1.54) is 6.07 Å². The summed E-state index contributed by atoms with van der Waals surface area (Å²) in [6, 6.07) is 23.1. The number of benzene rings is 3. The summed E-state index contributed by atoms with van der Waals surface area (Å²) in [6.45, 7) is 0. The monoisotopic (exact) mass is 291 g/mol. The highest BCUT2D eigenvalue weighted by atomic mass is 19.1. The maximum absolute atomic E-state index is 14.0. The normalized spacial score (nSPS) is 10.2. The Morgan fingerprint density at radius 3 is 2.09 bits per heavy atom. The van der Waals surface area contributed by atoms with Crippen LogP contribution in [0.1, 0.15) is 10.4 Å². The Hall–Kier alpha value is -2.94. The van der Waals surface area contributed by atoms with Crippen LogP contribution in [0, 0.1) is 5.82 Å². The summed E-state index contributed by atoms with van der Waals surface area (Å²) >= 11 is 0. The molecule has 0 fully saturated rings. The fourth-order valence-electron chi connectivity index (χ4n) is 2.23. The average molecular weight is 291 g/mol. The van der Waals surface area contributed by atoms with E-state index >= 15 is 0 Å². The van der Waals surface area contributed by atoms with Crippen LogP contribution < -0.4 is 5.32 Å². The fraction of sp³-hybridized carbons (Fsp3) is 0. The lowest BCUT2D eigenvalue weighted by Gasteiger charge is -2.08. The third-order valence-electron chi connectivity index (χ3n) is 3.35. The number of halogens is 1. The first kappa shape index (κ1) is 14.0. The van der Waals surface area contributed by atoms with E-state index in [0.29, 0.717) is 5.69 Å². The summed E-state index contributed by atoms with van der Waals surface area (Å²) in [5.74, 6) is -0.991. The van der Waals surface area contributed by atoms with E-state index in [1.54, 1.807) is 24.3 Å². The summed E-state index contributed by atoms with van der Waals surface area (Å²) in [5, 5.41) is 2.70. The van der Waals surface area contributed by atoms with Crippen LogP contribution in [0.15, 0.2) is 78.9 Å².